The molecule has 2 aromatic rings. The van der Waals surface area contributed by atoms with Gasteiger partial charge >= 0.3 is 0 Å². The van der Waals surface area contributed by atoms with E-state index < -0.39 is 0 Å². The summed E-state index contributed by atoms with van der Waals surface area (Å²) in [5.74, 6) is -0.893. The summed E-state index contributed by atoms with van der Waals surface area (Å²) in [5, 5.41) is 0. The molecule has 1 aliphatic rings. The third-order valence-corrected chi connectivity index (χ3v) is 3.93. The second kappa shape index (κ2) is 7.72. The van der Waals surface area contributed by atoms with Crippen LogP contribution in [-0.2, 0) is 16.2 Å². The lowest BCUT2D eigenvalue weighted by Crippen LogP contribution is -2.32. The topological polar surface area (TPSA) is 75.7 Å². The van der Waals surface area contributed by atoms with Crippen LogP contribution in [0.1, 0.15) is 39.1 Å². The maximum absolute atomic E-state index is 12.2. The van der Waals surface area contributed by atoms with Crippen LogP contribution >= 0.6 is 0 Å². The number of hydrogen-bond acceptors (Lipinski definition) is 4. The molecule has 0 saturated heterocycles. The van der Waals surface area contributed by atoms with Crippen LogP contribution in [-0.4, -0.2) is 29.2 Å². The van der Waals surface area contributed by atoms with Crippen LogP contribution in [0.3, 0.4) is 0 Å². The average Bonchev–Trinajstić information content (AvgIpc) is 2.88. The van der Waals surface area contributed by atoms with Gasteiger partial charge in [-0.3, -0.25) is 24.1 Å². The predicted octanol–water partition coefficient (Wildman–Crippen LogP) is 2.31. The van der Waals surface area contributed by atoms with Gasteiger partial charge in [-0.2, -0.15) is 0 Å². The molecule has 1 aliphatic heterocycles. The third-order valence-electron chi connectivity index (χ3n) is 3.93. The molecule has 0 aliphatic carbocycles. The Morgan fingerprint density at radius 2 is 1.52 bits per heavy atom. The zero-order valence-corrected chi connectivity index (χ0v) is 13.6. The Balaban J connectivity index is 1.40. The van der Waals surface area contributed by atoms with Crippen LogP contribution < -0.4 is 5.48 Å². The van der Waals surface area contributed by atoms with E-state index in [9.17, 15) is 14.4 Å². The minimum Gasteiger partial charge on any atom is -0.274 e. The molecule has 2 aromatic carbocycles. The number of nitrogens with zero attached hydrogens (tertiary/aromatic N) is 1. The Hall–Kier alpha value is -2.99. The van der Waals surface area contributed by atoms with Crippen molar-refractivity contribution in [3.05, 3.63) is 71.3 Å². The molecule has 0 spiro atoms. The van der Waals surface area contributed by atoms with Crippen LogP contribution in [0.4, 0.5) is 0 Å². The molecule has 0 radical (unpaired) electrons. The van der Waals surface area contributed by atoms with Gasteiger partial charge in [0.2, 0.25) is 5.91 Å². The highest BCUT2D eigenvalue weighted by Crippen LogP contribution is 2.22. The van der Waals surface area contributed by atoms with Gasteiger partial charge in [0.15, 0.2) is 0 Å². The minimum absolute atomic E-state index is 0.169. The number of hydrogen-bond donors (Lipinski definition) is 1. The molecule has 1 heterocycles. The molecule has 0 fully saturated rings. The third kappa shape index (κ3) is 3.92. The Kier molecular flexibility index (Phi) is 5.20. The molecule has 6 heteroatoms. The van der Waals surface area contributed by atoms with E-state index >= 15 is 0 Å². The van der Waals surface area contributed by atoms with Gasteiger partial charge in [-0.1, -0.05) is 42.5 Å². The number of carbonyl (C=O) groups is 3. The van der Waals surface area contributed by atoms with E-state index in [-0.39, 0.29) is 37.3 Å². The average molecular weight is 338 g/mol. The van der Waals surface area contributed by atoms with Gasteiger partial charge < -0.3 is 0 Å². The number of amides is 3. The van der Waals surface area contributed by atoms with E-state index in [1.807, 2.05) is 30.3 Å². The Morgan fingerprint density at radius 1 is 0.920 bits per heavy atom. The number of carbonyl (C=O) groups excluding carboxylic acids is 3. The Labute approximate surface area is 145 Å². The lowest BCUT2D eigenvalue weighted by atomic mass is 10.1. The zero-order valence-electron chi connectivity index (χ0n) is 13.6. The summed E-state index contributed by atoms with van der Waals surface area (Å²) >= 11 is 0. The molecule has 25 heavy (non-hydrogen) atoms. The molecule has 6 nitrogen and oxygen atoms in total. The first-order chi connectivity index (χ1) is 12.2. The number of hydroxylamine groups is 1. The van der Waals surface area contributed by atoms with E-state index in [0.29, 0.717) is 17.5 Å². The van der Waals surface area contributed by atoms with Gasteiger partial charge in [-0.05, 0) is 24.1 Å². The highest BCUT2D eigenvalue weighted by molar-refractivity contribution is 6.21. The zero-order chi connectivity index (χ0) is 17.6. The number of fused-ring (bicyclic) bond motifs is 1. The fraction of sp³-hybridized carbons (Fsp3) is 0.211. The van der Waals surface area contributed by atoms with E-state index in [0.717, 1.165) is 5.56 Å². The predicted molar refractivity (Wildman–Crippen MR) is 90.4 cm³/mol. The van der Waals surface area contributed by atoms with Crippen LogP contribution in [0.5, 0.6) is 0 Å². The van der Waals surface area contributed by atoms with Gasteiger partial charge in [-0.15, -0.1) is 0 Å². The van der Waals surface area contributed by atoms with Crippen molar-refractivity contribution in [1.82, 2.24) is 10.4 Å². The molecule has 128 valence electrons. The number of imide groups is 1. The Morgan fingerprint density at radius 3 is 2.16 bits per heavy atom. The maximum atomic E-state index is 12.2. The fourth-order valence-corrected chi connectivity index (χ4v) is 2.67. The smallest absolute Gasteiger partial charge is 0.261 e. The highest BCUT2D eigenvalue weighted by atomic mass is 16.6. The van der Waals surface area contributed by atoms with Crippen molar-refractivity contribution in [2.24, 2.45) is 0 Å². The summed E-state index contributed by atoms with van der Waals surface area (Å²) in [6.07, 6.45) is 0.550. The van der Waals surface area contributed by atoms with Crippen LogP contribution in [0.25, 0.3) is 0 Å². The summed E-state index contributed by atoms with van der Waals surface area (Å²) in [5.41, 5.74) is 4.16. The molecule has 0 atom stereocenters. The molecule has 3 rings (SSSR count). The van der Waals surface area contributed by atoms with Gasteiger partial charge in [0.1, 0.15) is 0 Å². The summed E-state index contributed by atoms with van der Waals surface area (Å²) in [4.78, 5) is 42.5. The number of rotatable bonds is 7. The van der Waals surface area contributed by atoms with Crippen molar-refractivity contribution in [3.63, 3.8) is 0 Å². The quantitative estimate of drug-likeness (QED) is 0.621. The van der Waals surface area contributed by atoms with E-state index in [1.54, 1.807) is 24.3 Å². The van der Waals surface area contributed by atoms with E-state index in [4.69, 9.17) is 4.84 Å². The normalized spacial score (nSPS) is 13.0. The van der Waals surface area contributed by atoms with Crippen molar-refractivity contribution >= 4 is 17.7 Å². The van der Waals surface area contributed by atoms with Crippen LogP contribution in [0.2, 0.25) is 0 Å². The van der Waals surface area contributed by atoms with Crippen molar-refractivity contribution in [2.75, 3.05) is 6.54 Å². The summed E-state index contributed by atoms with van der Waals surface area (Å²) in [7, 11) is 0. The first kappa shape index (κ1) is 16.9. The van der Waals surface area contributed by atoms with E-state index in [2.05, 4.69) is 5.48 Å². The maximum Gasteiger partial charge on any atom is 0.261 e. The van der Waals surface area contributed by atoms with Crippen LogP contribution in [0, 0.1) is 0 Å². The first-order valence-corrected chi connectivity index (χ1v) is 8.06. The first-order valence-electron chi connectivity index (χ1n) is 8.06. The molecule has 0 saturated carbocycles. The Bertz CT molecular complexity index is 754. The molecular weight excluding hydrogens is 320 g/mol. The monoisotopic (exact) mass is 338 g/mol. The molecular formula is C19H18N2O4. The standard InChI is InChI=1S/C19H18N2O4/c22-17(20-25-13-14-7-2-1-3-8-14)11-6-12-21-18(23)15-9-4-5-10-16(15)19(21)24/h1-5,7-10H,6,11-13H2,(H,20,22). The minimum atomic E-state index is -0.304. The lowest BCUT2D eigenvalue weighted by molar-refractivity contribution is -0.134. The highest BCUT2D eigenvalue weighted by Gasteiger charge is 2.34. The fourth-order valence-electron chi connectivity index (χ4n) is 2.67. The molecule has 3 amide bonds. The van der Waals surface area contributed by atoms with Crippen LogP contribution in [0.15, 0.2) is 54.6 Å². The summed E-state index contributed by atoms with van der Waals surface area (Å²) < 4.78 is 0. The van der Waals surface area contributed by atoms with Crippen molar-refractivity contribution in [1.29, 1.82) is 0 Å². The SMILES string of the molecule is O=C(CCCN1C(=O)c2ccccc2C1=O)NOCc1ccccc1. The summed E-state index contributed by atoms with van der Waals surface area (Å²) in [6.45, 7) is 0.490. The molecule has 0 bridgehead atoms. The molecule has 1 N–H and O–H groups in total. The van der Waals surface area contributed by atoms with Crippen molar-refractivity contribution in [2.45, 2.75) is 19.4 Å². The second-order valence-corrected chi connectivity index (χ2v) is 5.71. The van der Waals surface area contributed by atoms with Crippen molar-refractivity contribution < 1.29 is 19.2 Å². The van der Waals surface area contributed by atoms with Gasteiger partial charge in [-0.25, -0.2) is 5.48 Å². The van der Waals surface area contributed by atoms with Gasteiger partial charge in [0, 0.05) is 13.0 Å². The largest absolute Gasteiger partial charge is 0.274 e. The molecule has 0 unspecified atom stereocenters. The number of nitrogens with one attached hydrogen (secondary N) is 1. The van der Waals surface area contributed by atoms with Crippen molar-refractivity contribution in [3.8, 4) is 0 Å². The lowest BCUT2D eigenvalue weighted by Gasteiger charge is -2.13. The van der Waals surface area contributed by atoms with E-state index in [1.165, 1.54) is 4.90 Å². The second-order valence-electron chi connectivity index (χ2n) is 5.71. The summed E-state index contributed by atoms with van der Waals surface area (Å²) in [6, 6.07) is 16.2. The van der Waals surface area contributed by atoms with Gasteiger partial charge in [0.25, 0.3) is 11.8 Å². The van der Waals surface area contributed by atoms with Gasteiger partial charge in [0.05, 0.1) is 17.7 Å². The molecule has 0 aromatic heterocycles. The number of benzene rings is 2.